The Hall–Kier alpha value is -3.19. The highest BCUT2D eigenvalue weighted by atomic mass is 32.2. The van der Waals surface area contributed by atoms with Gasteiger partial charge in [0.15, 0.2) is 0 Å². The Bertz CT molecular complexity index is 1010. The summed E-state index contributed by atoms with van der Waals surface area (Å²) in [5.74, 6) is -0.337. The Morgan fingerprint density at radius 1 is 1.00 bits per heavy atom. The number of hydrogen-bond donors (Lipinski definition) is 3. The fourth-order valence-corrected chi connectivity index (χ4v) is 3.40. The Morgan fingerprint density at radius 3 is 2.13 bits per heavy atom. The normalized spacial score (nSPS) is 11.7. The molecule has 3 N–H and O–H groups in total. The largest absolute Gasteiger partial charge is 0.402 e. The Kier molecular flexibility index (Phi) is 7.94. The molecule has 0 aromatic heterocycles. The number of halogens is 3. The van der Waals surface area contributed by atoms with Gasteiger partial charge in [0.2, 0.25) is 15.9 Å². The van der Waals surface area contributed by atoms with Crippen molar-refractivity contribution in [2.75, 3.05) is 23.7 Å². The smallest absolute Gasteiger partial charge is 0.385 e. The van der Waals surface area contributed by atoms with Gasteiger partial charge in [0, 0.05) is 36.5 Å². The minimum Gasteiger partial charge on any atom is -0.385 e. The van der Waals surface area contributed by atoms with Gasteiger partial charge in [0.1, 0.15) is 6.54 Å². The zero-order chi connectivity index (χ0) is 23.1. The molecule has 31 heavy (non-hydrogen) atoms. The van der Waals surface area contributed by atoms with E-state index < -0.39 is 27.7 Å². The van der Waals surface area contributed by atoms with Crippen molar-refractivity contribution in [1.82, 2.24) is 4.72 Å². The molecule has 0 aliphatic carbocycles. The molecule has 0 saturated heterocycles. The molecule has 1 amide bonds. The summed E-state index contributed by atoms with van der Waals surface area (Å²) in [5, 5.41) is 16.2. The number of nitrogens with zero attached hydrogens (tertiary/aromatic N) is 1. The maximum absolute atomic E-state index is 12.2. The Morgan fingerprint density at radius 2 is 1.58 bits per heavy atom. The van der Waals surface area contributed by atoms with Gasteiger partial charge in [-0.05, 0) is 42.8 Å². The molecule has 13 heteroatoms. The van der Waals surface area contributed by atoms with Crippen LogP contribution in [0.15, 0.2) is 53.4 Å². The highest BCUT2D eigenvalue weighted by Gasteiger charge is 2.30. The van der Waals surface area contributed by atoms with Gasteiger partial charge < -0.3 is 10.6 Å². The zero-order valence-corrected chi connectivity index (χ0v) is 16.8. The Labute approximate surface area is 175 Å². The van der Waals surface area contributed by atoms with Crippen molar-refractivity contribution in [3.8, 4) is 0 Å². The van der Waals surface area contributed by atoms with Gasteiger partial charge in [-0.25, -0.2) is 13.1 Å². The number of sulfonamides is 1. The summed E-state index contributed by atoms with van der Waals surface area (Å²) in [4.78, 5) is 21.7. The van der Waals surface area contributed by atoms with Gasteiger partial charge in [-0.2, -0.15) is 13.2 Å². The van der Waals surface area contributed by atoms with Crippen LogP contribution in [0.4, 0.5) is 30.2 Å². The van der Waals surface area contributed by atoms with E-state index in [1.165, 1.54) is 29.0 Å². The topological polar surface area (TPSA) is 130 Å². The lowest BCUT2D eigenvalue weighted by Crippen LogP contribution is -2.33. The van der Waals surface area contributed by atoms with E-state index in [0.29, 0.717) is 24.3 Å². The second kappa shape index (κ2) is 10.2. The molecule has 0 bridgehead atoms. The predicted molar refractivity (Wildman–Crippen MR) is 107 cm³/mol. The summed E-state index contributed by atoms with van der Waals surface area (Å²) in [6, 6.07) is 10.5. The first-order valence-corrected chi connectivity index (χ1v) is 10.4. The third kappa shape index (κ3) is 8.22. The van der Waals surface area contributed by atoms with E-state index >= 15 is 0 Å². The highest BCUT2D eigenvalue weighted by Crippen LogP contribution is 2.18. The quantitative estimate of drug-likeness (QED) is 0.283. The fraction of sp³-hybridized carbons (Fsp3) is 0.278. The molecule has 2 aromatic rings. The summed E-state index contributed by atoms with van der Waals surface area (Å²) in [6.07, 6.45) is -4.07. The third-order valence-electron chi connectivity index (χ3n) is 3.90. The molecule has 2 aromatic carbocycles. The van der Waals surface area contributed by atoms with Gasteiger partial charge in [-0.1, -0.05) is 0 Å². The lowest BCUT2D eigenvalue weighted by Gasteiger charge is -2.10. The van der Waals surface area contributed by atoms with Gasteiger partial charge in [0.05, 0.1) is 9.82 Å². The maximum atomic E-state index is 12.2. The van der Waals surface area contributed by atoms with Gasteiger partial charge >= 0.3 is 6.18 Å². The lowest BCUT2D eigenvalue weighted by atomic mass is 10.2. The van der Waals surface area contributed by atoms with E-state index in [1.54, 1.807) is 12.1 Å². The van der Waals surface area contributed by atoms with E-state index in [4.69, 9.17) is 0 Å². The first-order valence-electron chi connectivity index (χ1n) is 8.91. The van der Waals surface area contributed by atoms with Crippen molar-refractivity contribution in [2.24, 2.45) is 0 Å². The molecule has 9 nitrogen and oxygen atoms in total. The molecule has 0 saturated carbocycles. The first-order chi connectivity index (χ1) is 14.5. The predicted octanol–water partition coefficient (Wildman–Crippen LogP) is 3.27. The summed E-state index contributed by atoms with van der Waals surface area (Å²) < 4.78 is 61.6. The van der Waals surface area contributed by atoms with Crippen LogP contribution in [0.3, 0.4) is 0 Å². The van der Waals surface area contributed by atoms with Crippen LogP contribution in [0.1, 0.15) is 12.8 Å². The number of nitrogens with one attached hydrogen (secondary N) is 3. The summed E-state index contributed by atoms with van der Waals surface area (Å²) in [7, 11) is -4.32. The van der Waals surface area contributed by atoms with Crippen molar-refractivity contribution < 1.29 is 31.3 Å². The van der Waals surface area contributed by atoms with Crippen molar-refractivity contribution in [2.45, 2.75) is 23.9 Å². The highest BCUT2D eigenvalue weighted by molar-refractivity contribution is 7.89. The van der Waals surface area contributed by atoms with E-state index in [-0.39, 0.29) is 22.9 Å². The standard InChI is InChI=1S/C18H19F3N4O5S/c19-18(20,21)12-23-31(29,30)16-9-5-14(6-10-16)24-17(26)2-1-11-22-13-3-7-15(8-4-13)25(27)28/h3-10,22-23H,1-2,11-12H2,(H,24,26). The fourth-order valence-electron chi connectivity index (χ4n) is 2.38. The van der Waals surface area contributed by atoms with E-state index in [2.05, 4.69) is 10.6 Å². The second-order valence-electron chi connectivity index (χ2n) is 6.35. The summed E-state index contributed by atoms with van der Waals surface area (Å²) >= 11 is 0. The van der Waals surface area contributed by atoms with Crippen LogP contribution in [-0.4, -0.2) is 38.5 Å². The third-order valence-corrected chi connectivity index (χ3v) is 5.32. The van der Waals surface area contributed by atoms with Crippen molar-refractivity contribution in [3.63, 3.8) is 0 Å². The van der Waals surface area contributed by atoms with Crippen LogP contribution < -0.4 is 15.4 Å². The SMILES string of the molecule is O=C(CCCNc1ccc([N+](=O)[O-])cc1)Nc1ccc(S(=O)(=O)NCC(F)(F)F)cc1. The van der Waals surface area contributed by atoms with E-state index in [9.17, 15) is 36.5 Å². The molecular weight excluding hydrogens is 441 g/mol. The molecule has 2 rings (SSSR count). The van der Waals surface area contributed by atoms with Crippen LogP contribution in [0.2, 0.25) is 0 Å². The Balaban J connectivity index is 1.77. The second-order valence-corrected chi connectivity index (χ2v) is 8.11. The number of nitro benzene ring substituents is 1. The number of hydrogen-bond acceptors (Lipinski definition) is 6. The van der Waals surface area contributed by atoms with E-state index in [0.717, 1.165) is 12.1 Å². The number of rotatable bonds is 10. The number of non-ortho nitro benzene ring substituents is 1. The number of nitro groups is 1. The zero-order valence-electron chi connectivity index (χ0n) is 16.0. The number of carbonyl (C=O) groups is 1. The average molecular weight is 460 g/mol. The molecule has 0 fully saturated rings. The maximum Gasteiger partial charge on any atom is 0.402 e. The van der Waals surface area contributed by atoms with Crippen LogP contribution >= 0.6 is 0 Å². The van der Waals surface area contributed by atoms with Gasteiger partial charge in [-0.3, -0.25) is 14.9 Å². The van der Waals surface area contributed by atoms with Crippen LogP contribution in [-0.2, 0) is 14.8 Å². The number of alkyl halides is 3. The minimum atomic E-state index is -4.67. The number of carbonyl (C=O) groups excluding carboxylic acids is 1. The number of amides is 1. The van der Waals surface area contributed by atoms with Gasteiger partial charge in [-0.15, -0.1) is 0 Å². The average Bonchev–Trinajstić information content (AvgIpc) is 2.70. The number of anilines is 2. The van der Waals surface area contributed by atoms with Crippen molar-refractivity contribution in [3.05, 3.63) is 58.6 Å². The molecule has 0 aliphatic heterocycles. The van der Waals surface area contributed by atoms with Crippen molar-refractivity contribution >= 4 is 33.0 Å². The van der Waals surface area contributed by atoms with Crippen molar-refractivity contribution in [1.29, 1.82) is 0 Å². The molecule has 0 radical (unpaired) electrons. The molecule has 0 heterocycles. The molecular formula is C18H19F3N4O5S. The molecule has 0 spiro atoms. The molecule has 0 aliphatic rings. The minimum absolute atomic E-state index is 0.0279. The van der Waals surface area contributed by atoms with Gasteiger partial charge in [0.25, 0.3) is 5.69 Å². The molecule has 168 valence electrons. The lowest BCUT2D eigenvalue weighted by molar-refractivity contribution is -0.384. The van der Waals surface area contributed by atoms with Crippen LogP contribution in [0.25, 0.3) is 0 Å². The number of benzene rings is 2. The summed E-state index contributed by atoms with van der Waals surface area (Å²) in [5.41, 5.74) is 0.935. The van der Waals surface area contributed by atoms with E-state index in [1.807, 2.05) is 0 Å². The summed E-state index contributed by atoms with van der Waals surface area (Å²) in [6.45, 7) is -1.24. The monoisotopic (exact) mass is 460 g/mol. The molecule has 0 atom stereocenters. The first kappa shape index (κ1) is 24.1. The van der Waals surface area contributed by atoms with Crippen LogP contribution in [0, 0.1) is 10.1 Å². The van der Waals surface area contributed by atoms with Crippen LogP contribution in [0.5, 0.6) is 0 Å². The molecule has 0 unspecified atom stereocenters.